The number of anilines is 2. The largest absolute Gasteiger partial charge is 0.383 e. The standard InChI is InChI=1S/C14H17N5O/c1-10-8-17-14(18-13(10)15)11-2-3-12(16-9-11)19-4-6-20-7-5-19/h2-3,8-9H,4-7H2,1H3,(H2,15,17,18). The maximum absolute atomic E-state index is 5.81. The van der Waals surface area contributed by atoms with E-state index >= 15 is 0 Å². The number of morpholine rings is 1. The third-order valence-electron chi connectivity index (χ3n) is 3.35. The lowest BCUT2D eigenvalue weighted by Gasteiger charge is -2.27. The van der Waals surface area contributed by atoms with Crippen LogP contribution in [0.2, 0.25) is 0 Å². The number of aromatic nitrogens is 3. The molecule has 1 aliphatic rings. The molecule has 0 amide bonds. The van der Waals surface area contributed by atoms with Crippen LogP contribution in [0.3, 0.4) is 0 Å². The Hall–Kier alpha value is -2.21. The average molecular weight is 271 g/mol. The summed E-state index contributed by atoms with van der Waals surface area (Å²) in [5.41, 5.74) is 7.56. The lowest BCUT2D eigenvalue weighted by molar-refractivity contribution is 0.122. The van der Waals surface area contributed by atoms with Crippen LogP contribution < -0.4 is 10.6 Å². The van der Waals surface area contributed by atoms with Crippen LogP contribution in [0.5, 0.6) is 0 Å². The fraction of sp³-hybridized carbons (Fsp3) is 0.357. The number of hydrogen-bond donors (Lipinski definition) is 1. The maximum atomic E-state index is 5.81. The molecule has 104 valence electrons. The monoisotopic (exact) mass is 271 g/mol. The van der Waals surface area contributed by atoms with Gasteiger partial charge in [-0.2, -0.15) is 0 Å². The van der Waals surface area contributed by atoms with Gasteiger partial charge in [0, 0.05) is 36.6 Å². The lowest BCUT2D eigenvalue weighted by atomic mass is 10.2. The molecule has 0 aromatic carbocycles. The van der Waals surface area contributed by atoms with E-state index in [9.17, 15) is 0 Å². The first-order valence-corrected chi connectivity index (χ1v) is 6.62. The number of nitrogen functional groups attached to an aromatic ring is 1. The third kappa shape index (κ3) is 2.55. The van der Waals surface area contributed by atoms with Crippen molar-refractivity contribution in [1.82, 2.24) is 15.0 Å². The summed E-state index contributed by atoms with van der Waals surface area (Å²) in [4.78, 5) is 15.3. The quantitative estimate of drug-likeness (QED) is 0.886. The van der Waals surface area contributed by atoms with Gasteiger partial charge in [-0.3, -0.25) is 0 Å². The van der Waals surface area contributed by atoms with Crippen molar-refractivity contribution in [2.45, 2.75) is 6.92 Å². The second kappa shape index (κ2) is 5.42. The van der Waals surface area contributed by atoms with Crippen molar-refractivity contribution in [1.29, 1.82) is 0 Å². The first-order valence-electron chi connectivity index (χ1n) is 6.62. The summed E-state index contributed by atoms with van der Waals surface area (Å²) in [6.07, 6.45) is 3.52. The molecule has 0 spiro atoms. The van der Waals surface area contributed by atoms with Gasteiger partial charge in [0.1, 0.15) is 11.6 Å². The van der Waals surface area contributed by atoms with E-state index in [0.29, 0.717) is 11.6 Å². The molecule has 0 aliphatic carbocycles. The molecule has 2 aromatic heterocycles. The summed E-state index contributed by atoms with van der Waals surface area (Å²) in [6, 6.07) is 3.96. The van der Waals surface area contributed by atoms with Crippen molar-refractivity contribution >= 4 is 11.6 Å². The Balaban J connectivity index is 1.83. The Morgan fingerprint density at radius 2 is 1.95 bits per heavy atom. The Labute approximate surface area is 117 Å². The Bertz CT molecular complexity index is 593. The molecule has 2 N–H and O–H groups in total. The first-order chi connectivity index (χ1) is 9.74. The van der Waals surface area contributed by atoms with Crippen LogP contribution in [0.1, 0.15) is 5.56 Å². The summed E-state index contributed by atoms with van der Waals surface area (Å²) in [7, 11) is 0. The first kappa shape index (κ1) is 12.8. The molecule has 20 heavy (non-hydrogen) atoms. The fourth-order valence-electron chi connectivity index (χ4n) is 2.09. The second-order valence-corrected chi connectivity index (χ2v) is 4.77. The van der Waals surface area contributed by atoms with E-state index < -0.39 is 0 Å². The molecule has 3 rings (SSSR count). The summed E-state index contributed by atoms with van der Waals surface area (Å²) < 4.78 is 5.34. The van der Waals surface area contributed by atoms with Crippen LogP contribution in [0, 0.1) is 6.92 Å². The van der Waals surface area contributed by atoms with Crippen molar-refractivity contribution in [3.8, 4) is 11.4 Å². The zero-order valence-electron chi connectivity index (χ0n) is 11.4. The molecule has 0 bridgehead atoms. The fourth-order valence-corrected chi connectivity index (χ4v) is 2.09. The average Bonchev–Trinajstić information content (AvgIpc) is 2.51. The summed E-state index contributed by atoms with van der Waals surface area (Å²) in [6.45, 7) is 5.14. The molecule has 0 unspecified atom stereocenters. The van der Waals surface area contributed by atoms with Gasteiger partial charge in [-0.05, 0) is 19.1 Å². The van der Waals surface area contributed by atoms with Gasteiger partial charge >= 0.3 is 0 Å². The number of hydrogen-bond acceptors (Lipinski definition) is 6. The van der Waals surface area contributed by atoms with Gasteiger partial charge in [-0.25, -0.2) is 15.0 Å². The Kier molecular flexibility index (Phi) is 3.47. The summed E-state index contributed by atoms with van der Waals surface area (Å²) in [5.74, 6) is 2.07. The minimum absolute atomic E-state index is 0.507. The van der Waals surface area contributed by atoms with E-state index in [2.05, 4.69) is 19.9 Å². The van der Waals surface area contributed by atoms with Crippen LogP contribution in [0.25, 0.3) is 11.4 Å². The SMILES string of the molecule is Cc1cnc(-c2ccc(N3CCOCC3)nc2)nc1N. The van der Waals surface area contributed by atoms with Crippen LogP contribution in [0.15, 0.2) is 24.5 Å². The number of ether oxygens (including phenoxy) is 1. The van der Waals surface area contributed by atoms with Crippen molar-refractivity contribution in [3.63, 3.8) is 0 Å². The minimum atomic E-state index is 0.507. The van der Waals surface area contributed by atoms with E-state index in [1.165, 1.54) is 0 Å². The van der Waals surface area contributed by atoms with E-state index in [4.69, 9.17) is 10.5 Å². The summed E-state index contributed by atoms with van der Waals surface area (Å²) >= 11 is 0. The molecular weight excluding hydrogens is 254 g/mol. The van der Waals surface area contributed by atoms with E-state index in [-0.39, 0.29) is 0 Å². The molecule has 1 aliphatic heterocycles. The van der Waals surface area contributed by atoms with Crippen LogP contribution in [-0.2, 0) is 4.74 Å². The number of pyridine rings is 1. The van der Waals surface area contributed by atoms with Gasteiger partial charge in [0.15, 0.2) is 5.82 Å². The predicted octanol–water partition coefficient (Wildman–Crippen LogP) is 1.27. The molecule has 1 saturated heterocycles. The maximum Gasteiger partial charge on any atom is 0.163 e. The molecule has 0 saturated carbocycles. The number of nitrogens with two attached hydrogens (primary N) is 1. The highest BCUT2D eigenvalue weighted by molar-refractivity contribution is 5.58. The molecular formula is C14H17N5O. The van der Waals surface area contributed by atoms with Crippen molar-refractivity contribution in [3.05, 3.63) is 30.1 Å². The zero-order chi connectivity index (χ0) is 13.9. The molecule has 6 nitrogen and oxygen atoms in total. The molecule has 6 heteroatoms. The van der Waals surface area contributed by atoms with E-state index in [1.807, 2.05) is 19.1 Å². The second-order valence-electron chi connectivity index (χ2n) is 4.77. The van der Waals surface area contributed by atoms with E-state index in [1.54, 1.807) is 12.4 Å². The van der Waals surface area contributed by atoms with Crippen LogP contribution in [-0.4, -0.2) is 41.3 Å². The molecule has 3 heterocycles. The van der Waals surface area contributed by atoms with Gasteiger partial charge in [0.05, 0.1) is 13.2 Å². The van der Waals surface area contributed by atoms with Crippen LogP contribution in [0.4, 0.5) is 11.6 Å². The number of aryl methyl sites for hydroxylation is 1. The van der Waals surface area contributed by atoms with Gasteiger partial charge in [0.25, 0.3) is 0 Å². The zero-order valence-corrected chi connectivity index (χ0v) is 11.4. The topological polar surface area (TPSA) is 77.2 Å². The van der Waals surface area contributed by atoms with Gasteiger partial charge in [0.2, 0.25) is 0 Å². The minimum Gasteiger partial charge on any atom is -0.383 e. The lowest BCUT2D eigenvalue weighted by Crippen LogP contribution is -2.36. The van der Waals surface area contributed by atoms with Crippen molar-refractivity contribution in [2.75, 3.05) is 36.9 Å². The predicted molar refractivity (Wildman–Crippen MR) is 77.4 cm³/mol. The Morgan fingerprint density at radius 1 is 1.15 bits per heavy atom. The van der Waals surface area contributed by atoms with Gasteiger partial charge in [-0.15, -0.1) is 0 Å². The summed E-state index contributed by atoms with van der Waals surface area (Å²) in [5, 5.41) is 0. The van der Waals surface area contributed by atoms with E-state index in [0.717, 1.165) is 43.2 Å². The van der Waals surface area contributed by atoms with Crippen molar-refractivity contribution < 1.29 is 4.74 Å². The highest BCUT2D eigenvalue weighted by atomic mass is 16.5. The van der Waals surface area contributed by atoms with Gasteiger partial charge < -0.3 is 15.4 Å². The Morgan fingerprint density at radius 3 is 2.60 bits per heavy atom. The highest BCUT2D eigenvalue weighted by Crippen LogP contribution is 2.19. The molecule has 0 atom stereocenters. The third-order valence-corrected chi connectivity index (χ3v) is 3.35. The number of rotatable bonds is 2. The number of nitrogens with zero attached hydrogens (tertiary/aromatic N) is 4. The molecule has 0 radical (unpaired) electrons. The molecule has 2 aromatic rings. The van der Waals surface area contributed by atoms with Crippen molar-refractivity contribution in [2.24, 2.45) is 0 Å². The van der Waals surface area contributed by atoms with Crippen LogP contribution >= 0.6 is 0 Å². The molecule has 1 fully saturated rings. The normalized spacial score (nSPS) is 15.3. The smallest absolute Gasteiger partial charge is 0.163 e. The van der Waals surface area contributed by atoms with Gasteiger partial charge in [-0.1, -0.05) is 0 Å². The highest BCUT2D eigenvalue weighted by Gasteiger charge is 2.12.